The maximum absolute atomic E-state index is 13.2. The van der Waals surface area contributed by atoms with Gasteiger partial charge in [0.15, 0.2) is 0 Å². The van der Waals surface area contributed by atoms with Gasteiger partial charge < -0.3 is 9.57 Å². The summed E-state index contributed by atoms with van der Waals surface area (Å²) in [5, 5.41) is 4.09. The molecule has 1 N–H and O–H groups in total. The molecule has 0 atom stereocenters. The second-order valence-corrected chi connectivity index (χ2v) is 6.53. The minimum absolute atomic E-state index is 0.00968. The molecule has 134 valence electrons. The zero-order valence-electron chi connectivity index (χ0n) is 13.9. The summed E-state index contributed by atoms with van der Waals surface area (Å²) >= 11 is 5.89. The van der Waals surface area contributed by atoms with Crippen molar-refractivity contribution in [1.29, 1.82) is 0 Å². The smallest absolute Gasteiger partial charge is 0.435 e. The lowest BCUT2D eigenvalue weighted by Gasteiger charge is -2.18. The number of halogens is 2. The van der Waals surface area contributed by atoms with E-state index in [-0.39, 0.29) is 17.3 Å². The molecule has 0 saturated carbocycles. The average molecular weight is 370 g/mol. The van der Waals surface area contributed by atoms with Crippen molar-refractivity contribution >= 4 is 23.6 Å². The third kappa shape index (κ3) is 5.75. The molecule has 1 heterocycles. The first-order valence-electron chi connectivity index (χ1n) is 7.33. The van der Waals surface area contributed by atoms with Crippen LogP contribution in [0.15, 0.2) is 30.5 Å². The number of nitrogens with zero attached hydrogens (tertiary/aromatic N) is 2. The molecule has 1 aromatic heterocycles. The van der Waals surface area contributed by atoms with Gasteiger partial charge in [-0.15, -0.1) is 5.10 Å². The molecular formula is C16H17ClFN3O4. The number of aromatic nitrogens is 2. The van der Waals surface area contributed by atoms with Crippen molar-refractivity contribution in [1.82, 2.24) is 15.3 Å². The zero-order chi connectivity index (χ0) is 18.6. The first-order valence-corrected chi connectivity index (χ1v) is 7.70. The monoisotopic (exact) mass is 369 g/mol. The molecule has 0 aliphatic carbocycles. The Kier molecular flexibility index (Phi) is 5.63. The highest BCUT2D eigenvalue weighted by Crippen LogP contribution is 2.17. The van der Waals surface area contributed by atoms with Gasteiger partial charge in [-0.05, 0) is 44.5 Å². The summed E-state index contributed by atoms with van der Waals surface area (Å²) in [5.41, 5.74) is 1.80. The molecule has 25 heavy (non-hydrogen) atoms. The van der Waals surface area contributed by atoms with Crippen molar-refractivity contribution in [2.45, 2.75) is 32.8 Å². The van der Waals surface area contributed by atoms with E-state index in [1.807, 2.05) is 0 Å². The molecule has 9 heteroatoms. The highest BCUT2D eigenvalue weighted by Gasteiger charge is 2.19. The Morgan fingerprint density at radius 2 is 2.04 bits per heavy atom. The normalized spacial score (nSPS) is 11.1. The molecule has 0 unspecified atom stereocenters. The van der Waals surface area contributed by atoms with Crippen LogP contribution in [0.2, 0.25) is 5.02 Å². The number of benzene rings is 1. The van der Waals surface area contributed by atoms with Crippen molar-refractivity contribution in [3.05, 3.63) is 46.9 Å². The summed E-state index contributed by atoms with van der Waals surface area (Å²) in [4.78, 5) is 28.6. The van der Waals surface area contributed by atoms with Gasteiger partial charge in [-0.2, -0.15) is 10.2 Å². The molecule has 0 fully saturated rings. The fourth-order valence-electron chi connectivity index (χ4n) is 1.77. The number of hydrogen-bond acceptors (Lipinski definition) is 5. The molecular weight excluding hydrogens is 353 g/mol. The Morgan fingerprint density at radius 3 is 2.72 bits per heavy atom. The van der Waals surface area contributed by atoms with Crippen LogP contribution >= 0.6 is 11.6 Å². The van der Waals surface area contributed by atoms with Crippen molar-refractivity contribution in [2.75, 3.05) is 0 Å². The summed E-state index contributed by atoms with van der Waals surface area (Å²) in [5.74, 6) is -1.06. The lowest BCUT2D eigenvalue weighted by atomic mass is 10.1. The van der Waals surface area contributed by atoms with E-state index < -0.39 is 23.4 Å². The van der Waals surface area contributed by atoms with Crippen molar-refractivity contribution in [3.8, 4) is 5.88 Å². The fourth-order valence-corrected chi connectivity index (χ4v) is 1.95. The first-order chi connectivity index (χ1) is 11.6. The second kappa shape index (κ2) is 7.52. The lowest BCUT2D eigenvalue weighted by molar-refractivity contribution is -0.127. The number of hydroxylamine groups is 1. The SMILES string of the molecule is CC(C)(C)OC(=O)n1ccc(ONC(=O)Cc2cc(F)ccc2Cl)n1. The minimum atomic E-state index is -0.680. The Morgan fingerprint density at radius 1 is 1.32 bits per heavy atom. The number of carbonyl (C=O) groups is 2. The molecule has 0 radical (unpaired) electrons. The van der Waals surface area contributed by atoms with Crippen molar-refractivity contribution in [2.24, 2.45) is 0 Å². The fraction of sp³-hybridized carbons (Fsp3) is 0.312. The summed E-state index contributed by atoms with van der Waals surface area (Å²) in [6, 6.07) is 5.10. The van der Waals surface area contributed by atoms with Gasteiger partial charge in [0, 0.05) is 17.3 Å². The van der Waals surface area contributed by atoms with Crippen LogP contribution < -0.4 is 10.3 Å². The summed E-state index contributed by atoms with van der Waals surface area (Å²) in [6.45, 7) is 5.18. The molecule has 0 spiro atoms. The minimum Gasteiger partial charge on any atom is -0.442 e. The number of rotatable bonds is 4. The van der Waals surface area contributed by atoms with E-state index in [1.54, 1.807) is 20.8 Å². The van der Waals surface area contributed by atoms with Gasteiger partial charge in [-0.25, -0.2) is 9.18 Å². The molecule has 0 bridgehead atoms. The number of nitrogens with one attached hydrogen (secondary N) is 1. The number of amides is 1. The van der Waals surface area contributed by atoms with Crippen LogP contribution in [0.25, 0.3) is 0 Å². The van der Waals surface area contributed by atoms with Gasteiger partial charge in [0.2, 0.25) is 0 Å². The first kappa shape index (κ1) is 18.7. The van der Waals surface area contributed by atoms with Crippen LogP contribution in [0.4, 0.5) is 9.18 Å². The van der Waals surface area contributed by atoms with Gasteiger partial charge in [-0.3, -0.25) is 4.79 Å². The zero-order valence-corrected chi connectivity index (χ0v) is 14.6. The van der Waals surface area contributed by atoms with Gasteiger partial charge in [0.1, 0.15) is 11.4 Å². The van der Waals surface area contributed by atoms with Gasteiger partial charge in [0.25, 0.3) is 11.8 Å². The van der Waals surface area contributed by atoms with Crippen LogP contribution in [-0.2, 0) is 16.0 Å². The van der Waals surface area contributed by atoms with Crippen molar-refractivity contribution in [3.63, 3.8) is 0 Å². The van der Waals surface area contributed by atoms with E-state index in [0.717, 1.165) is 4.68 Å². The van der Waals surface area contributed by atoms with E-state index in [0.29, 0.717) is 5.56 Å². The maximum Gasteiger partial charge on any atom is 0.435 e. The van der Waals surface area contributed by atoms with Gasteiger partial charge >= 0.3 is 6.09 Å². The van der Waals surface area contributed by atoms with E-state index >= 15 is 0 Å². The standard InChI is InChI=1S/C16H17ClFN3O4/c1-16(2,3)24-15(23)21-7-6-14(19-21)25-20-13(22)9-10-8-11(18)4-5-12(10)17/h4-8H,9H2,1-3H3,(H,20,22). The van der Waals surface area contributed by atoms with E-state index in [2.05, 4.69) is 10.6 Å². The lowest BCUT2D eigenvalue weighted by Crippen LogP contribution is -2.29. The largest absolute Gasteiger partial charge is 0.442 e. The third-order valence-electron chi connectivity index (χ3n) is 2.77. The molecule has 0 aliphatic rings. The number of ether oxygens (including phenoxy) is 1. The van der Waals surface area contributed by atoms with E-state index in [1.165, 1.54) is 30.5 Å². The maximum atomic E-state index is 13.2. The predicted octanol–water partition coefficient (Wildman–Crippen LogP) is 3.11. The van der Waals surface area contributed by atoms with E-state index in [9.17, 15) is 14.0 Å². The molecule has 0 aliphatic heterocycles. The van der Waals surface area contributed by atoms with Crippen LogP contribution in [0, 0.1) is 5.82 Å². The number of hydrogen-bond donors (Lipinski definition) is 1. The van der Waals surface area contributed by atoms with Crippen LogP contribution in [-0.4, -0.2) is 27.4 Å². The molecule has 2 aromatic rings. The average Bonchev–Trinajstić information content (AvgIpc) is 2.96. The van der Waals surface area contributed by atoms with Crippen LogP contribution in [0.3, 0.4) is 0 Å². The molecule has 7 nitrogen and oxygen atoms in total. The predicted molar refractivity (Wildman–Crippen MR) is 87.7 cm³/mol. The van der Waals surface area contributed by atoms with Gasteiger partial charge in [0.05, 0.1) is 6.42 Å². The summed E-state index contributed by atoms with van der Waals surface area (Å²) in [7, 11) is 0. The Hall–Kier alpha value is -2.61. The molecule has 2 rings (SSSR count). The highest BCUT2D eigenvalue weighted by molar-refractivity contribution is 6.31. The van der Waals surface area contributed by atoms with Crippen LogP contribution in [0.5, 0.6) is 5.88 Å². The van der Waals surface area contributed by atoms with Crippen molar-refractivity contribution < 1.29 is 23.6 Å². The molecule has 1 amide bonds. The number of carbonyl (C=O) groups excluding carboxylic acids is 2. The van der Waals surface area contributed by atoms with Gasteiger partial charge in [-0.1, -0.05) is 11.6 Å². The van der Waals surface area contributed by atoms with E-state index in [4.69, 9.17) is 21.2 Å². The summed E-state index contributed by atoms with van der Waals surface area (Å²) < 4.78 is 19.2. The Balaban J connectivity index is 1.90. The molecule has 0 saturated heterocycles. The third-order valence-corrected chi connectivity index (χ3v) is 3.14. The second-order valence-electron chi connectivity index (χ2n) is 6.12. The Labute approximate surface area is 148 Å². The molecule has 1 aromatic carbocycles. The summed E-state index contributed by atoms with van der Waals surface area (Å²) in [6.07, 6.45) is 0.475. The topological polar surface area (TPSA) is 82.5 Å². The highest BCUT2D eigenvalue weighted by atomic mass is 35.5. The van der Waals surface area contributed by atoms with Crippen LogP contribution in [0.1, 0.15) is 26.3 Å². The Bertz CT molecular complexity index is 786. The quantitative estimate of drug-likeness (QED) is 0.837.